The lowest BCUT2D eigenvalue weighted by atomic mass is 10.2. The fourth-order valence-corrected chi connectivity index (χ4v) is 4.27. The van der Waals surface area contributed by atoms with Crippen molar-refractivity contribution in [1.82, 2.24) is 14.5 Å². The summed E-state index contributed by atoms with van der Waals surface area (Å²) in [6, 6.07) is 9.33. The Labute approximate surface area is 176 Å². The number of aryl methyl sites for hydroxylation is 2. The summed E-state index contributed by atoms with van der Waals surface area (Å²) in [5, 5.41) is 1.25. The van der Waals surface area contributed by atoms with Crippen LogP contribution in [0.2, 0.25) is 5.02 Å². The molecule has 0 atom stereocenters. The molecular formula is C21H18ClFN4OS. The zero-order chi connectivity index (χ0) is 20.4. The summed E-state index contributed by atoms with van der Waals surface area (Å²) in [6.45, 7) is 3.11. The summed E-state index contributed by atoms with van der Waals surface area (Å²) in [5.41, 5.74) is 2.10. The SMILES string of the molecule is Cc1c(Cl)ccc2sc(N(CCCn3ccnc3)C(=O)c3ccc(F)cc3)nc12. The van der Waals surface area contributed by atoms with Crippen LogP contribution in [0.4, 0.5) is 9.52 Å². The van der Waals surface area contributed by atoms with E-state index >= 15 is 0 Å². The summed E-state index contributed by atoms with van der Waals surface area (Å²) in [7, 11) is 0. The molecule has 2 aromatic carbocycles. The number of fused-ring (bicyclic) bond motifs is 1. The monoisotopic (exact) mass is 428 g/mol. The first kappa shape index (κ1) is 19.5. The van der Waals surface area contributed by atoms with Crippen molar-refractivity contribution in [3.05, 3.63) is 77.1 Å². The molecule has 5 nitrogen and oxygen atoms in total. The van der Waals surface area contributed by atoms with Crippen LogP contribution in [0.5, 0.6) is 0 Å². The molecule has 0 aliphatic rings. The largest absolute Gasteiger partial charge is 0.337 e. The van der Waals surface area contributed by atoms with E-state index in [-0.39, 0.29) is 11.7 Å². The van der Waals surface area contributed by atoms with E-state index in [4.69, 9.17) is 16.6 Å². The molecule has 4 aromatic rings. The minimum Gasteiger partial charge on any atom is -0.337 e. The van der Waals surface area contributed by atoms with E-state index < -0.39 is 0 Å². The Morgan fingerprint density at radius 2 is 2.03 bits per heavy atom. The number of halogens is 2. The molecule has 0 aliphatic heterocycles. The lowest BCUT2D eigenvalue weighted by Crippen LogP contribution is -2.32. The number of anilines is 1. The van der Waals surface area contributed by atoms with Gasteiger partial charge in [0.25, 0.3) is 5.91 Å². The number of imidazole rings is 1. The Morgan fingerprint density at radius 3 is 2.76 bits per heavy atom. The van der Waals surface area contributed by atoms with E-state index in [2.05, 4.69) is 4.98 Å². The number of aromatic nitrogens is 3. The second kappa shape index (κ2) is 8.31. The highest BCUT2D eigenvalue weighted by atomic mass is 35.5. The molecule has 0 saturated carbocycles. The highest BCUT2D eigenvalue weighted by Crippen LogP contribution is 2.34. The predicted molar refractivity (Wildman–Crippen MR) is 114 cm³/mol. The number of hydrogen-bond acceptors (Lipinski definition) is 4. The van der Waals surface area contributed by atoms with Crippen molar-refractivity contribution in [3.8, 4) is 0 Å². The third kappa shape index (κ3) is 4.16. The molecule has 0 saturated heterocycles. The van der Waals surface area contributed by atoms with Crippen molar-refractivity contribution in [1.29, 1.82) is 0 Å². The van der Waals surface area contributed by atoms with E-state index in [1.165, 1.54) is 35.6 Å². The van der Waals surface area contributed by atoms with Gasteiger partial charge in [-0.15, -0.1) is 0 Å². The van der Waals surface area contributed by atoms with E-state index in [1.54, 1.807) is 17.4 Å². The standard InChI is InChI=1S/C21H18ClFN4OS/c1-14-17(22)7-8-18-19(14)25-21(29-18)27(11-2-10-26-12-9-24-13-26)20(28)15-3-5-16(23)6-4-15/h3-9,12-13H,2,10-11H2,1H3. The Bertz CT molecular complexity index is 1140. The van der Waals surface area contributed by atoms with Gasteiger partial charge in [0, 0.05) is 36.1 Å². The van der Waals surface area contributed by atoms with Gasteiger partial charge < -0.3 is 4.57 Å². The van der Waals surface area contributed by atoms with Gasteiger partial charge >= 0.3 is 0 Å². The third-order valence-corrected chi connectivity index (χ3v) is 6.11. The van der Waals surface area contributed by atoms with Gasteiger partial charge in [0.05, 0.1) is 16.5 Å². The zero-order valence-electron chi connectivity index (χ0n) is 15.7. The zero-order valence-corrected chi connectivity index (χ0v) is 17.3. The van der Waals surface area contributed by atoms with E-state index in [0.717, 1.165) is 28.7 Å². The number of carbonyl (C=O) groups excluding carboxylic acids is 1. The smallest absolute Gasteiger partial charge is 0.260 e. The Balaban J connectivity index is 1.66. The molecule has 0 unspecified atom stereocenters. The molecule has 148 valence electrons. The molecule has 4 rings (SSSR count). The second-order valence-corrected chi connectivity index (χ2v) is 8.05. The van der Waals surface area contributed by atoms with Crippen LogP contribution < -0.4 is 4.90 Å². The molecule has 2 aromatic heterocycles. The molecule has 1 amide bonds. The van der Waals surface area contributed by atoms with E-state index in [9.17, 15) is 9.18 Å². The summed E-state index contributed by atoms with van der Waals surface area (Å²) in [4.78, 5) is 23.6. The van der Waals surface area contributed by atoms with Crippen molar-refractivity contribution in [2.45, 2.75) is 19.9 Å². The topological polar surface area (TPSA) is 51.0 Å². The molecular weight excluding hydrogens is 411 g/mol. The fraction of sp³-hybridized carbons (Fsp3) is 0.190. The molecule has 0 bridgehead atoms. The van der Waals surface area contributed by atoms with Gasteiger partial charge in [-0.3, -0.25) is 9.69 Å². The fourth-order valence-electron chi connectivity index (χ4n) is 3.07. The van der Waals surface area contributed by atoms with E-state index in [0.29, 0.717) is 22.3 Å². The number of benzene rings is 2. The highest BCUT2D eigenvalue weighted by Gasteiger charge is 2.22. The Hall–Kier alpha value is -2.77. The summed E-state index contributed by atoms with van der Waals surface area (Å²) >= 11 is 7.67. The minimum absolute atomic E-state index is 0.210. The van der Waals surface area contributed by atoms with Gasteiger partial charge in [-0.1, -0.05) is 22.9 Å². The van der Waals surface area contributed by atoms with Crippen LogP contribution >= 0.6 is 22.9 Å². The van der Waals surface area contributed by atoms with Crippen LogP contribution in [0.15, 0.2) is 55.1 Å². The number of hydrogen-bond donors (Lipinski definition) is 0. The highest BCUT2D eigenvalue weighted by molar-refractivity contribution is 7.22. The third-order valence-electron chi connectivity index (χ3n) is 4.66. The first-order valence-electron chi connectivity index (χ1n) is 9.12. The number of amides is 1. The summed E-state index contributed by atoms with van der Waals surface area (Å²) < 4.78 is 16.2. The van der Waals surface area contributed by atoms with Crippen LogP contribution in [0, 0.1) is 12.7 Å². The van der Waals surface area contributed by atoms with E-state index in [1.807, 2.05) is 29.8 Å². The second-order valence-electron chi connectivity index (χ2n) is 6.63. The Morgan fingerprint density at radius 1 is 1.24 bits per heavy atom. The van der Waals surface area contributed by atoms with Gasteiger partial charge in [0.1, 0.15) is 5.82 Å². The molecule has 8 heteroatoms. The van der Waals surface area contributed by atoms with Crippen LogP contribution in [-0.4, -0.2) is 27.0 Å². The normalized spacial score (nSPS) is 11.1. The minimum atomic E-state index is -0.376. The van der Waals surface area contributed by atoms with Crippen molar-refractivity contribution in [2.24, 2.45) is 0 Å². The van der Waals surface area contributed by atoms with Gasteiger partial charge in [-0.05, 0) is 55.3 Å². The quantitative estimate of drug-likeness (QED) is 0.417. The van der Waals surface area contributed by atoms with Crippen LogP contribution in [0.25, 0.3) is 10.2 Å². The van der Waals surface area contributed by atoms with Crippen molar-refractivity contribution < 1.29 is 9.18 Å². The van der Waals surface area contributed by atoms with Crippen molar-refractivity contribution in [3.63, 3.8) is 0 Å². The Kier molecular flexibility index (Phi) is 5.60. The summed E-state index contributed by atoms with van der Waals surface area (Å²) in [6.07, 6.45) is 6.07. The molecule has 0 N–H and O–H groups in total. The van der Waals surface area contributed by atoms with Crippen LogP contribution in [0.1, 0.15) is 22.3 Å². The van der Waals surface area contributed by atoms with Gasteiger partial charge in [-0.25, -0.2) is 14.4 Å². The first-order chi connectivity index (χ1) is 14.0. The molecule has 29 heavy (non-hydrogen) atoms. The average Bonchev–Trinajstić information content (AvgIpc) is 3.38. The molecule has 0 radical (unpaired) electrons. The number of nitrogens with zero attached hydrogens (tertiary/aromatic N) is 4. The van der Waals surface area contributed by atoms with Crippen LogP contribution in [-0.2, 0) is 6.54 Å². The van der Waals surface area contributed by atoms with Crippen molar-refractivity contribution in [2.75, 3.05) is 11.4 Å². The molecule has 0 aliphatic carbocycles. The molecule has 2 heterocycles. The van der Waals surface area contributed by atoms with Gasteiger partial charge in [0.2, 0.25) is 0 Å². The maximum Gasteiger partial charge on any atom is 0.260 e. The number of carbonyl (C=O) groups is 1. The predicted octanol–water partition coefficient (Wildman–Crippen LogP) is 5.33. The lowest BCUT2D eigenvalue weighted by Gasteiger charge is -2.20. The maximum atomic E-state index is 13.3. The molecule has 0 spiro atoms. The van der Waals surface area contributed by atoms with Gasteiger partial charge in [0.15, 0.2) is 5.13 Å². The first-order valence-corrected chi connectivity index (χ1v) is 10.3. The lowest BCUT2D eigenvalue weighted by molar-refractivity contribution is 0.0986. The average molecular weight is 429 g/mol. The maximum absolute atomic E-state index is 13.3. The van der Waals surface area contributed by atoms with Gasteiger partial charge in [-0.2, -0.15) is 0 Å². The van der Waals surface area contributed by atoms with Crippen LogP contribution in [0.3, 0.4) is 0 Å². The number of thiazole rings is 1. The van der Waals surface area contributed by atoms with Crippen molar-refractivity contribution >= 4 is 44.2 Å². The summed E-state index contributed by atoms with van der Waals surface area (Å²) in [5.74, 6) is -0.586. The molecule has 0 fully saturated rings. The number of rotatable bonds is 6.